The topological polar surface area (TPSA) is 80.9 Å². The first-order chi connectivity index (χ1) is 7.24. The summed E-state index contributed by atoms with van der Waals surface area (Å²) in [6.45, 7) is 3.92. The highest BCUT2D eigenvalue weighted by atomic mass is 16.5. The number of aliphatic imine (C=N–C) groups is 1. The molecule has 0 saturated heterocycles. The smallest absolute Gasteiger partial charge is 0.206 e. The van der Waals surface area contributed by atoms with Crippen LogP contribution in [-0.4, -0.2) is 46.0 Å². The molecule has 6 nitrogen and oxygen atoms in total. The van der Waals surface area contributed by atoms with Crippen molar-refractivity contribution in [3.8, 4) is 0 Å². The highest BCUT2D eigenvalue weighted by Gasteiger charge is 2.03. The molecule has 0 bridgehead atoms. The molecular formula is C9H22N4O2. The third kappa shape index (κ3) is 8.17. The van der Waals surface area contributed by atoms with Crippen LogP contribution in [0.1, 0.15) is 13.3 Å². The van der Waals surface area contributed by atoms with Gasteiger partial charge in [0.05, 0.1) is 13.2 Å². The number of rotatable bonds is 7. The average Bonchev–Trinajstić information content (AvgIpc) is 2.25. The van der Waals surface area contributed by atoms with E-state index in [-0.39, 0.29) is 6.04 Å². The summed E-state index contributed by atoms with van der Waals surface area (Å²) in [5.41, 5.74) is 2.51. The van der Waals surface area contributed by atoms with E-state index in [4.69, 9.17) is 15.3 Å². The minimum atomic E-state index is 0.266. The molecule has 0 aromatic rings. The standard InChI is InChI=1S/C9H22N4O2/c1-8(4-6-14-2)12-9(13-10)11-5-7-15-3/h8H,4-7,10H2,1-3H3,(H2,11,12,13). The SMILES string of the molecule is COCCN=C(NN)NC(C)CCOC. The van der Waals surface area contributed by atoms with Gasteiger partial charge in [-0.1, -0.05) is 0 Å². The van der Waals surface area contributed by atoms with Gasteiger partial charge in [-0.2, -0.15) is 0 Å². The Balaban J connectivity index is 3.80. The molecule has 0 amide bonds. The molecule has 90 valence electrons. The van der Waals surface area contributed by atoms with Crippen molar-refractivity contribution in [3.63, 3.8) is 0 Å². The van der Waals surface area contributed by atoms with Gasteiger partial charge in [0, 0.05) is 26.9 Å². The van der Waals surface area contributed by atoms with Gasteiger partial charge >= 0.3 is 0 Å². The van der Waals surface area contributed by atoms with Crippen molar-refractivity contribution in [3.05, 3.63) is 0 Å². The van der Waals surface area contributed by atoms with Crippen molar-refractivity contribution >= 4 is 5.96 Å². The van der Waals surface area contributed by atoms with Crippen LogP contribution in [0.3, 0.4) is 0 Å². The molecule has 0 aliphatic heterocycles. The van der Waals surface area contributed by atoms with E-state index >= 15 is 0 Å². The number of nitrogens with one attached hydrogen (secondary N) is 2. The Morgan fingerprint density at radius 2 is 2.00 bits per heavy atom. The van der Waals surface area contributed by atoms with Gasteiger partial charge in [0.1, 0.15) is 0 Å². The highest BCUT2D eigenvalue weighted by Crippen LogP contribution is 1.90. The van der Waals surface area contributed by atoms with Crippen molar-refractivity contribution in [1.82, 2.24) is 10.7 Å². The number of hydrazine groups is 1. The molecule has 0 saturated carbocycles. The molecule has 1 unspecified atom stereocenters. The second kappa shape index (κ2) is 9.70. The maximum atomic E-state index is 5.32. The first-order valence-corrected chi connectivity index (χ1v) is 5.00. The van der Waals surface area contributed by atoms with E-state index in [0.29, 0.717) is 25.7 Å². The van der Waals surface area contributed by atoms with Gasteiger partial charge in [0.25, 0.3) is 0 Å². The van der Waals surface area contributed by atoms with Crippen LogP contribution in [-0.2, 0) is 9.47 Å². The quantitative estimate of drug-likeness (QED) is 0.176. The first kappa shape index (κ1) is 14.2. The van der Waals surface area contributed by atoms with Crippen LogP contribution in [0.5, 0.6) is 0 Å². The Morgan fingerprint density at radius 3 is 2.53 bits per heavy atom. The number of methoxy groups -OCH3 is 2. The van der Waals surface area contributed by atoms with E-state index in [1.54, 1.807) is 14.2 Å². The molecule has 6 heteroatoms. The molecule has 15 heavy (non-hydrogen) atoms. The third-order valence-corrected chi connectivity index (χ3v) is 1.84. The van der Waals surface area contributed by atoms with Crippen LogP contribution in [0.15, 0.2) is 4.99 Å². The number of hydrogen-bond acceptors (Lipinski definition) is 4. The van der Waals surface area contributed by atoms with E-state index in [1.165, 1.54) is 0 Å². The van der Waals surface area contributed by atoms with Crippen molar-refractivity contribution in [2.24, 2.45) is 10.8 Å². The molecule has 4 N–H and O–H groups in total. The third-order valence-electron chi connectivity index (χ3n) is 1.84. The fourth-order valence-corrected chi connectivity index (χ4v) is 0.982. The molecule has 0 fully saturated rings. The zero-order chi connectivity index (χ0) is 11.5. The Hall–Kier alpha value is -0.850. The Kier molecular flexibility index (Phi) is 9.15. The van der Waals surface area contributed by atoms with Crippen molar-refractivity contribution in [2.75, 3.05) is 34.0 Å². The molecule has 0 aromatic carbocycles. The van der Waals surface area contributed by atoms with Gasteiger partial charge < -0.3 is 14.8 Å². The summed E-state index contributed by atoms with van der Waals surface area (Å²) in [5.74, 6) is 5.90. The minimum Gasteiger partial charge on any atom is -0.385 e. The minimum absolute atomic E-state index is 0.266. The lowest BCUT2D eigenvalue weighted by Crippen LogP contribution is -2.46. The lowest BCUT2D eigenvalue weighted by molar-refractivity contribution is 0.187. The van der Waals surface area contributed by atoms with Crippen molar-refractivity contribution in [1.29, 1.82) is 0 Å². The molecule has 0 rings (SSSR count). The zero-order valence-electron chi connectivity index (χ0n) is 9.75. The van der Waals surface area contributed by atoms with Gasteiger partial charge in [0.15, 0.2) is 0 Å². The molecule has 1 atom stereocenters. The zero-order valence-corrected chi connectivity index (χ0v) is 9.75. The monoisotopic (exact) mass is 218 g/mol. The van der Waals surface area contributed by atoms with Crippen LogP contribution in [0.4, 0.5) is 0 Å². The summed E-state index contributed by atoms with van der Waals surface area (Å²) in [7, 11) is 3.32. The van der Waals surface area contributed by atoms with E-state index in [9.17, 15) is 0 Å². The number of nitrogens with two attached hydrogens (primary N) is 1. The number of guanidine groups is 1. The Bertz CT molecular complexity index is 175. The van der Waals surface area contributed by atoms with Crippen molar-refractivity contribution in [2.45, 2.75) is 19.4 Å². The summed E-state index contributed by atoms with van der Waals surface area (Å²) < 4.78 is 9.86. The van der Waals surface area contributed by atoms with E-state index < -0.39 is 0 Å². The maximum Gasteiger partial charge on any atom is 0.206 e. The van der Waals surface area contributed by atoms with Crippen LogP contribution in [0.2, 0.25) is 0 Å². The van der Waals surface area contributed by atoms with Crippen LogP contribution >= 0.6 is 0 Å². The summed E-state index contributed by atoms with van der Waals surface area (Å²) in [5, 5.41) is 3.14. The van der Waals surface area contributed by atoms with E-state index in [0.717, 1.165) is 6.42 Å². The second-order valence-electron chi connectivity index (χ2n) is 3.19. The summed E-state index contributed by atoms with van der Waals surface area (Å²) in [6.07, 6.45) is 0.904. The largest absolute Gasteiger partial charge is 0.385 e. The Morgan fingerprint density at radius 1 is 1.33 bits per heavy atom. The predicted molar refractivity (Wildman–Crippen MR) is 60.6 cm³/mol. The predicted octanol–water partition coefficient (Wildman–Crippen LogP) is -0.533. The summed E-state index contributed by atoms with van der Waals surface area (Å²) in [4.78, 5) is 4.18. The number of nitrogens with zero attached hydrogens (tertiary/aromatic N) is 1. The average molecular weight is 218 g/mol. The normalized spacial score (nSPS) is 13.7. The maximum absolute atomic E-state index is 5.32. The molecule has 0 aliphatic carbocycles. The molecule has 0 spiro atoms. The van der Waals surface area contributed by atoms with Gasteiger partial charge in [0.2, 0.25) is 5.96 Å². The number of ether oxygens (including phenoxy) is 2. The lowest BCUT2D eigenvalue weighted by atomic mass is 10.2. The second-order valence-corrected chi connectivity index (χ2v) is 3.19. The molecule has 0 radical (unpaired) electrons. The summed E-state index contributed by atoms with van der Waals surface area (Å²) >= 11 is 0. The van der Waals surface area contributed by atoms with Gasteiger partial charge in [-0.3, -0.25) is 5.43 Å². The van der Waals surface area contributed by atoms with Gasteiger partial charge in [-0.15, -0.1) is 0 Å². The van der Waals surface area contributed by atoms with E-state index in [1.807, 2.05) is 6.92 Å². The van der Waals surface area contributed by atoms with Gasteiger partial charge in [-0.05, 0) is 13.3 Å². The highest BCUT2D eigenvalue weighted by molar-refractivity contribution is 5.79. The van der Waals surface area contributed by atoms with Crippen LogP contribution < -0.4 is 16.6 Å². The van der Waals surface area contributed by atoms with Crippen molar-refractivity contribution < 1.29 is 9.47 Å². The number of hydrogen-bond donors (Lipinski definition) is 3. The fraction of sp³-hybridized carbons (Fsp3) is 0.889. The molecular weight excluding hydrogens is 196 g/mol. The van der Waals surface area contributed by atoms with E-state index in [2.05, 4.69) is 15.7 Å². The lowest BCUT2D eigenvalue weighted by Gasteiger charge is -2.15. The van der Waals surface area contributed by atoms with Gasteiger partial charge in [-0.25, -0.2) is 10.8 Å². The molecule has 0 aromatic heterocycles. The molecule has 0 heterocycles. The van der Waals surface area contributed by atoms with Crippen LogP contribution in [0, 0.1) is 0 Å². The molecule has 0 aliphatic rings. The Labute approximate surface area is 91.2 Å². The fourth-order valence-electron chi connectivity index (χ4n) is 0.982. The summed E-state index contributed by atoms with van der Waals surface area (Å²) in [6, 6.07) is 0.266. The van der Waals surface area contributed by atoms with Crippen LogP contribution in [0.25, 0.3) is 0 Å². The first-order valence-electron chi connectivity index (χ1n) is 5.00.